The SMILES string of the molecule is NCc1ncnc2ccc(C(F)(F)F)cc12. The normalized spacial score (nSPS) is 12.0. The summed E-state index contributed by atoms with van der Waals surface area (Å²) in [4.78, 5) is 7.72. The monoisotopic (exact) mass is 227 g/mol. The quantitative estimate of drug-likeness (QED) is 0.811. The second-order valence-corrected chi connectivity index (χ2v) is 3.25. The standard InChI is InChI=1S/C10H8F3N3/c11-10(12,13)6-1-2-8-7(3-6)9(4-14)16-5-15-8/h1-3,5H,4,14H2. The lowest BCUT2D eigenvalue weighted by molar-refractivity contribution is -0.137. The first-order chi connectivity index (χ1) is 7.52. The molecule has 0 bridgehead atoms. The molecule has 0 amide bonds. The molecule has 3 nitrogen and oxygen atoms in total. The molecule has 84 valence electrons. The maximum atomic E-state index is 12.5. The molecule has 0 radical (unpaired) electrons. The number of alkyl halides is 3. The van der Waals surface area contributed by atoms with Crippen LogP contribution in [0.1, 0.15) is 11.3 Å². The Kier molecular flexibility index (Phi) is 2.51. The first kappa shape index (κ1) is 10.8. The smallest absolute Gasteiger partial charge is 0.325 e. The Balaban J connectivity index is 2.68. The van der Waals surface area contributed by atoms with Crippen LogP contribution in [0.25, 0.3) is 10.9 Å². The lowest BCUT2D eigenvalue weighted by Gasteiger charge is -2.08. The zero-order valence-electron chi connectivity index (χ0n) is 8.12. The average Bonchev–Trinajstić information content (AvgIpc) is 2.26. The minimum Gasteiger partial charge on any atom is -0.325 e. The zero-order chi connectivity index (χ0) is 11.8. The molecule has 1 heterocycles. The van der Waals surface area contributed by atoms with Gasteiger partial charge >= 0.3 is 6.18 Å². The summed E-state index contributed by atoms with van der Waals surface area (Å²) >= 11 is 0. The average molecular weight is 227 g/mol. The van der Waals surface area contributed by atoms with Crippen LogP contribution in [0.15, 0.2) is 24.5 Å². The van der Waals surface area contributed by atoms with Crippen LogP contribution in [0.3, 0.4) is 0 Å². The Labute approximate surface area is 89.1 Å². The lowest BCUT2D eigenvalue weighted by Crippen LogP contribution is -2.06. The van der Waals surface area contributed by atoms with Gasteiger partial charge in [0.25, 0.3) is 0 Å². The highest BCUT2D eigenvalue weighted by Gasteiger charge is 2.30. The van der Waals surface area contributed by atoms with E-state index in [2.05, 4.69) is 9.97 Å². The predicted octanol–water partition coefficient (Wildman–Crippen LogP) is 2.11. The van der Waals surface area contributed by atoms with E-state index in [4.69, 9.17) is 5.73 Å². The van der Waals surface area contributed by atoms with Crippen molar-refractivity contribution in [2.75, 3.05) is 0 Å². The van der Waals surface area contributed by atoms with E-state index >= 15 is 0 Å². The highest BCUT2D eigenvalue weighted by Crippen LogP contribution is 2.31. The minimum atomic E-state index is -4.37. The van der Waals surface area contributed by atoms with Crippen LogP contribution in [-0.4, -0.2) is 9.97 Å². The summed E-state index contributed by atoms with van der Waals surface area (Å²) < 4.78 is 37.4. The molecule has 2 N–H and O–H groups in total. The van der Waals surface area contributed by atoms with E-state index in [1.807, 2.05) is 0 Å². The van der Waals surface area contributed by atoms with Crippen molar-refractivity contribution < 1.29 is 13.2 Å². The topological polar surface area (TPSA) is 51.8 Å². The molecule has 0 saturated heterocycles. The van der Waals surface area contributed by atoms with Gasteiger partial charge in [-0.1, -0.05) is 0 Å². The predicted molar refractivity (Wildman–Crippen MR) is 52.4 cm³/mol. The molecule has 0 aliphatic heterocycles. The molecule has 0 aliphatic rings. The lowest BCUT2D eigenvalue weighted by atomic mass is 10.1. The van der Waals surface area contributed by atoms with Crippen LogP contribution in [0.2, 0.25) is 0 Å². The number of halogens is 3. The van der Waals surface area contributed by atoms with E-state index in [0.29, 0.717) is 16.6 Å². The summed E-state index contributed by atoms with van der Waals surface area (Å²) in [5.41, 5.74) is 5.56. The maximum Gasteiger partial charge on any atom is 0.416 e. The summed E-state index contributed by atoms with van der Waals surface area (Å²) in [6, 6.07) is 3.34. The summed E-state index contributed by atoms with van der Waals surface area (Å²) in [7, 11) is 0. The van der Waals surface area contributed by atoms with Gasteiger partial charge in [-0.3, -0.25) is 0 Å². The van der Waals surface area contributed by atoms with Crippen LogP contribution < -0.4 is 5.73 Å². The summed E-state index contributed by atoms with van der Waals surface area (Å²) in [6.45, 7) is 0.0837. The third-order valence-corrected chi connectivity index (χ3v) is 2.24. The Bertz CT molecular complexity index is 522. The molecule has 16 heavy (non-hydrogen) atoms. The second kappa shape index (κ2) is 3.71. The van der Waals surface area contributed by atoms with Crippen molar-refractivity contribution in [3.63, 3.8) is 0 Å². The number of hydrogen-bond acceptors (Lipinski definition) is 3. The maximum absolute atomic E-state index is 12.5. The van der Waals surface area contributed by atoms with Crippen molar-refractivity contribution in [2.24, 2.45) is 5.73 Å². The van der Waals surface area contributed by atoms with Gasteiger partial charge < -0.3 is 5.73 Å². The first-order valence-corrected chi connectivity index (χ1v) is 4.53. The van der Waals surface area contributed by atoms with Crippen LogP contribution in [-0.2, 0) is 12.7 Å². The van der Waals surface area contributed by atoms with Crippen LogP contribution in [0, 0.1) is 0 Å². The van der Waals surface area contributed by atoms with Gasteiger partial charge in [-0.15, -0.1) is 0 Å². The highest BCUT2D eigenvalue weighted by atomic mass is 19.4. The third-order valence-electron chi connectivity index (χ3n) is 2.24. The summed E-state index contributed by atoms with van der Waals surface area (Å²) in [5.74, 6) is 0. The van der Waals surface area contributed by atoms with E-state index in [-0.39, 0.29) is 6.54 Å². The third kappa shape index (κ3) is 1.83. The molecule has 2 rings (SSSR count). The molecule has 0 spiro atoms. The van der Waals surface area contributed by atoms with Crippen molar-refractivity contribution in [3.05, 3.63) is 35.8 Å². The number of aromatic nitrogens is 2. The van der Waals surface area contributed by atoms with Crippen molar-refractivity contribution in [2.45, 2.75) is 12.7 Å². The molecule has 2 aromatic rings. The first-order valence-electron chi connectivity index (χ1n) is 4.53. The number of nitrogens with two attached hydrogens (primary N) is 1. The summed E-state index contributed by atoms with van der Waals surface area (Å²) in [5, 5.41) is 0.347. The number of benzene rings is 1. The Hall–Kier alpha value is -1.69. The second-order valence-electron chi connectivity index (χ2n) is 3.25. The molecule has 6 heteroatoms. The van der Waals surface area contributed by atoms with Gasteiger partial charge in [-0.25, -0.2) is 9.97 Å². The van der Waals surface area contributed by atoms with Crippen LogP contribution in [0.4, 0.5) is 13.2 Å². The molecule has 0 aliphatic carbocycles. The molecule has 1 aromatic carbocycles. The van der Waals surface area contributed by atoms with E-state index in [1.165, 1.54) is 12.4 Å². The van der Waals surface area contributed by atoms with Gasteiger partial charge in [-0.2, -0.15) is 13.2 Å². The molecule has 0 saturated carbocycles. The fourth-order valence-electron chi connectivity index (χ4n) is 1.45. The van der Waals surface area contributed by atoms with E-state index in [0.717, 1.165) is 12.1 Å². The number of rotatable bonds is 1. The van der Waals surface area contributed by atoms with E-state index in [9.17, 15) is 13.2 Å². The van der Waals surface area contributed by atoms with Crippen molar-refractivity contribution in [1.82, 2.24) is 9.97 Å². The number of nitrogens with zero attached hydrogens (tertiary/aromatic N) is 2. The molecule has 0 fully saturated rings. The Morgan fingerprint density at radius 2 is 1.94 bits per heavy atom. The van der Waals surface area contributed by atoms with Gasteiger partial charge in [0.15, 0.2) is 0 Å². The zero-order valence-corrected chi connectivity index (χ0v) is 8.12. The van der Waals surface area contributed by atoms with E-state index in [1.54, 1.807) is 0 Å². The van der Waals surface area contributed by atoms with Crippen molar-refractivity contribution >= 4 is 10.9 Å². The van der Waals surface area contributed by atoms with Crippen molar-refractivity contribution in [3.8, 4) is 0 Å². The van der Waals surface area contributed by atoms with Crippen LogP contribution in [0.5, 0.6) is 0 Å². The molecule has 1 aromatic heterocycles. The number of fused-ring (bicyclic) bond motifs is 1. The molecule has 0 atom stereocenters. The number of hydrogen-bond donors (Lipinski definition) is 1. The molecular formula is C10H8F3N3. The fraction of sp³-hybridized carbons (Fsp3) is 0.200. The van der Waals surface area contributed by atoms with Gasteiger partial charge in [0, 0.05) is 11.9 Å². The molecule has 0 unspecified atom stereocenters. The van der Waals surface area contributed by atoms with E-state index < -0.39 is 11.7 Å². The largest absolute Gasteiger partial charge is 0.416 e. The fourth-order valence-corrected chi connectivity index (χ4v) is 1.45. The molecular weight excluding hydrogens is 219 g/mol. The Morgan fingerprint density at radius 3 is 2.56 bits per heavy atom. The highest BCUT2D eigenvalue weighted by molar-refractivity contribution is 5.81. The minimum absolute atomic E-state index is 0.0837. The summed E-state index contributed by atoms with van der Waals surface area (Å²) in [6.07, 6.45) is -3.08. The van der Waals surface area contributed by atoms with Gasteiger partial charge in [0.2, 0.25) is 0 Å². The van der Waals surface area contributed by atoms with Gasteiger partial charge in [-0.05, 0) is 18.2 Å². The van der Waals surface area contributed by atoms with Gasteiger partial charge in [0.05, 0.1) is 16.8 Å². The van der Waals surface area contributed by atoms with Crippen LogP contribution >= 0.6 is 0 Å². The Morgan fingerprint density at radius 1 is 1.19 bits per heavy atom. The van der Waals surface area contributed by atoms with Crippen molar-refractivity contribution in [1.29, 1.82) is 0 Å². The van der Waals surface area contributed by atoms with Gasteiger partial charge in [0.1, 0.15) is 6.33 Å².